The van der Waals surface area contributed by atoms with Crippen molar-refractivity contribution in [2.24, 2.45) is 0 Å². The molecular weight excluding hydrogens is 603 g/mol. The lowest BCUT2D eigenvalue weighted by Gasteiger charge is -2.35. The quantitative estimate of drug-likeness (QED) is 0.287. The van der Waals surface area contributed by atoms with Crippen LogP contribution in [0.3, 0.4) is 0 Å². The Morgan fingerprint density at radius 1 is 0.935 bits per heavy atom. The summed E-state index contributed by atoms with van der Waals surface area (Å²) in [6.45, 7) is 3.02. The van der Waals surface area contributed by atoms with Crippen LogP contribution in [0.4, 0.5) is 24.7 Å². The summed E-state index contributed by atoms with van der Waals surface area (Å²) in [5.74, 6) is 1.78. The molecule has 1 fully saturated rings. The van der Waals surface area contributed by atoms with Crippen molar-refractivity contribution >= 4 is 17.4 Å². The molecular formula is C32H28F3N7O4. The van der Waals surface area contributed by atoms with Gasteiger partial charge in [0.2, 0.25) is 0 Å². The second kappa shape index (κ2) is 12.8. The number of rotatable bonds is 8. The maximum absolute atomic E-state index is 13.6. The molecule has 0 bridgehead atoms. The van der Waals surface area contributed by atoms with Crippen molar-refractivity contribution in [3.05, 3.63) is 105 Å². The number of nitrogens with one attached hydrogen (secondary N) is 1. The number of pyridine rings is 1. The number of hydrogen-bond acceptors (Lipinski definition) is 9. The third-order valence-electron chi connectivity index (χ3n) is 7.88. The molecule has 0 unspecified atom stereocenters. The van der Waals surface area contributed by atoms with Crippen LogP contribution in [0.2, 0.25) is 0 Å². The van der Waals surface area contributed by atoms with Crippen LogP contribution in [0.25, 0.3) is 0 Å². The second-order valence-electron chi connectivity index (χ2n) is 10.7. The lowest BCUT2D eigenvalue weighted by Crippen LogP contribution is -2.49. The number of ether oxygens (including phenoxy) is 2. The summed E-state index contributed by atoms with van der Waals surface area (Å²) >= 11 is 0. The van der Waals surface area contributed by atoms with Gasteiger partial charge < -0.3 is 24.2 Å². The van der Waals surface area contributed by atoms with Gasteiger partial charge in [-0.2, -0.15) is 23.5 Å². The Bertz CT molecular complexity index is 1810. The Balaban J connectivity index is 0.992. The molecule has 1 N–H and O–H groups in total. The Hall–Kier alpha value is -5.58. The summed E-state index contributed by atoms with van der Waals surface area (Å²) in [4.78, 5) is 34.7. The number of fused-ring (bicyclic) bond motifs is 1. The molecule has 2 aliphatic heterocycles. The number of alkyl halides is 3. The zero-order valence-corrected chi connectivity index (χ0v) is 24.5. The number of amides is 1. The van der Waals surface area contributed by atoms with E-state index < -0.39 is 17.3 Å². The summed E-state index contributed by atoms with van der Waals surface area (Å²) in [5.41, 5.74) is -0.289. The third-order valence-corrected chi connectivity index (χ3v) is 7.88. The van der Waals surface area contributed by atoms with Crippen molar-refractivity contribution in [3.63, 3.8) is 0 Å². The first-order valence-electron chi connectivity index (χ1n) is 14.5. The van der Waals surface area contributed by atoms with Crippen molar-refractivity contribution in [1.29, 1.82) is 5.26 Å². The number of aromatic amines is 1. The van der Waals surface area contributed by atoms with Gasteiger partial charge >= 0.3 is 6.18 Å². The molecule has 0 atom stereocenters. The lowest BCUT2D eigenvalue weighted by molar-refractivity contribution is -0.138. The molecule has 46 heavy (non-hydrogen) atoms. The number of piperazine rings is 1. The van der Waals surface area contributed by atoms with Gasteiger partial charge in [0.05, 0.1) is 17.4 Å². The molecule has 0 saturated carbocycles. The molecule has 2 aliphatic rings. The fourth-order valence-electron chi connectivity index (χ4n) is 5.56. The molecule has 1 amide bonds. The predicted octanol–water partition coefficient (Wildman–Crippen LogP) is 4.00. The van der Waals surface area contributed by atoms with E-state index in [1.54, 1.807) is 47.4 Å². The topological polar surface area (TPSA) is 128 Å². The number of aromatic nitrogens is 3. The van der Waals surface area contributed by atoms with Gasteiger partial charge in [-0.05, 0) is 48.0 Å². The number of nitriles is 1. The van der Waals surface area contributed by atoms with Gasteiger partial charge in [-0.3, -0.25) is 9.59 Å². The molecule has 14 heteroatoms. The van der Waals surface area contributed by atoms with Crippen LogP contribution >= 0.6 is 0 Å². The fourth-order valence-corrected chi connectivity index (χ4v) is 5.56. The summed E-state index contributed by atoms with van der Waals surface area (Å²) in [5, 5.41) is 14.4. The van der Waals surface area contributed by atoms with E-state index in [-0.39, 0.29) is 37.9 Å². The van der Waals surface area contributed by atoms with Gasteiger partial charge in [-0.1, -0.05) is 12.1 Å². The van der Waals surface area contributed by atoms with Gasteiger partial charge in [0.25, 0.3) is 11.5 Å². The number of nitrogens with zero attached hydrogens (tertiary/aromatic N) is 6. The highest BCUT2D eigenvalue weighted by Gasteiger charge is 2.40. The molecule has 4 aromatic rings. The zero-order chi connectivity index (χ0) is 32.3. The average molecular weight is 632 g/mol. The Morgan fingerprint density at radius 3 is 2.39 bits per heavy atom. The van der Waals surface area contributed by atoms with Gasteiger partial charge in [-0.15, -0.1) is 0 Å². The van der Waals surface area contributed by atoms with Gasteiger partial charge in [0.1, 0.15) is 42.2 Å². The van der Waals surface area contributed by atoms with Crippen molar-refractivity contribution in [3.8, 4) is 17.6 Å². The first kappa shape index (κ1) is 30.4. The Morgan fingerprint density at radius 2 is 1.70 bits per heavy atom. The third kappa shape index (κ3) is 6.44. The molecule has 0 aliphatic carbocycles. The summed E-state index contributed by atoms with van der Waals surface area (Å²) < 4.78 is 52.5. The second-order valence-corrected chi connectivity index (χ2v) is 10.7. The standard InChI is InChI=1S/C32H28F3N7O4/c33-32(34,35)29-26(18-38-39-30(29)43)42-19-23-2-1-3-27(25(23)20-42)46-15-14-45-24-7-5-22(6-8-24)31(44)41-12-10-40(11-13-41)28-9-4-21(16-36)17-37-28/h1-9,17-18H,10-15,19-20H2,(H,39,43). The monoisotopic (exact) mass is 631 g/mol. The minimum atomic E-state index is -4.83. The number of halogens is 3. The Labute approximate surface area is 261 Å². The number of anilines is 2. The van der Waals surface area contributed by atoms with Crippen molar-refractivity contribution in [2.75, 3.05) is 49.2 Å². The summed E-state index contributed by atoms with van der Waals surface area (Å²) in [6.07, 6.45) is -2.28. The highest BCUT2D eigenvalue weighted by Crippen LogP contribution is 2.39. The van der Waals surface area contributed by atoms with Crippen LogP contribution in [-0.4, -0.2) is 65.4 Å². The summed E-state index contributed by atoms with van der Waals surface area (Å²) in [7, 11) is 0. The van der Waals surface area contributed by atoms with E-state index in [2.05, 4.69) is 21.1 Å². The largest absolute Gasteiger partial charge is 0.490 e. The zero-order valence-electron chi connectivity index (χ0n) is 24.5. The molecule has 6 rings (SSSR count). The maximum atomic E-state index is 13.6. The van der Waals surface area contributed by atoms with Crippen LogP contribution in [-0.2, 0) is 19.3 Å². The molecule has 2 aromatic heterocycles. The van der Waals surface area contributed by atoms with E-state index in [9.17, 15) is 22.8 Å². The molecule has 0 spiro atoms. The van der Waals surface area contributed by atoms with Gasteiger partial charge in [0.15, 0.2) is 0 Å². The molecule has 2 aromatic carbocycles. The van der Waals surface area contributed by atoms with Crippen molar-refractivity contribution in [2.45, 2.75) is 19.3 Å². The summed E-state index contributed by atoms with van der Waals surface area (Å²) in [6, 6.07) is 17.8. The van der Waals surface area contributed by atoms with E-state index >= 15 is 0 Å². The smallest absolute Gasteiger partial charge is 0.423 e. The molecule has 1 saturated heterocycles. The average Bonchev–Trinajstić information content (AvgIpc) is 3.51. The van der Waals surface area contributed by atoms with Gasteiger partial charge in [0, 0.05) is 56.6 Å². The molecule has 11 nitrogen and oxygen atoms in total. The van der Waals surface area contributed by atoms with Crippen LogP contribution < -0.4 is 24.8 Å². The van der Waals surface area contributed by atoms with Gasteiger partial charge in [-0.25, -0.2) is 10.1 Å². The van der Waals surface area contributed by atoms with E-state index in [1.807, 2.05) is 17.2 Å². The minimum absolute atomic E-state index is 0.0763. The lowest BCUT2D eigenvalue weighted by atomic mass is 10.1. The van der Waals surface area contributed by atoms with Crippen LogP contribution in [0.15, 0.2) is 71.8 Å². The molecule has 0 radical (unpaired) electrons. The van der Waals surface area contributed by atoms with E-state index in [4.69, 9.17) is 14.7 Å². The predicted molar refractivity (Wildman–Crippen MR) is 161 cm³/mol. The van der Waals surface area contributed by atoms with E-state index in [0.717, 1.165) is 23.1 Å². The number of H-pyrrole nitrogens is 1. The van der Waals surface area contributed by atoms with Crippen LogP contribution in [0, 0.1) is 11.3 Å². The first-order valence-corrected chi connectivity index (χ1v) is 14.5. The normalized spacial score (nSPS) is 14.5. The van der Waals surface area contributed by atoms with Crippen LogP contribution in [0.1, 0.15) is 32.6 Å². The molecule has 236 valence electrons. The van der Waals surface area contributed by atoms with Crippen molar-refractivity contribution < 1.29 is 27.4 Å². The maximum Gasteiger partial charge on any atom is 0.423 e. The number of hydrogen-bond donors (Lipinski definition) is 1. The number of carbonyl (C=O) groups is 1. The minimum Gasteiger partial charge on any atom is -0.490 e. The SMILES string of the molecule is N#Cc1ccc(N2CCN(C(=O)c3ccc(OCCOc4cccc5c4CN(c4cn[nH]c(=O)c4C(F)(F)F)C5)cc3)CC2)nc1. The fraction of sp³-hybridized carbons (Fsp3) is 0.281. The highest BCUT2D eigenvalue weighted by atomic mass is 19.4. The number of carbonyl (C=O) groups excluding carboxylic acids is 1. The first-order chi connectivity index (χ1) is 22.2. The van der Waals surface area contributed by atoms with Crippen molar-refractivity contribution in [1.82, 2.24) is 20.1 Å². The highest BCUT2D eigenvalue weighted by molar-refractivity contribution is 5.94. The van der Waals surface area contributed by atoms with Crippen LogP contribution in [0.5, 0.6) is 11.5 Å². The molecule has 4 heterocycles. The van der Waals surface area contributed by atoms with E-state index in [1.165, 1.54) is 11.1 Å². The number of benzene rings is 2. The van der Waals surface area contributed by atoms with E-state index in [0.29, 0.717) is 48.8 Å². The Kier molecular flexibility index (Phi) is 8.47.